The van der Waals surface area contributed by atoms with E-state index in [-0.39, 0.29) is 18.5 Å². The Balaban J connectivity index is 1.51. The molecule has 3 aromatic rings. The van der Waals surface area contributed by atoms with Crippen molar-refractivity contribution in [1.82, 2.24) is 14.7 Å². The lowest BCUT2D eigenvalue weighted by Crippen LogP contribution is -2.48. The number of benzene rings is 2. The standard InChI is InChI=1S/C29H36N4O5/c1-23-12-13-25(38-23)21-33(20-24-8-4-3-5-9-24)28(34)22-32(15-14-31-16-18-37-19-17-31)29(35)30-26-10-6-7-11-27(26)36-2/h3-13H,14-22H2,1-2H3,(H,30,35). The molecule has 1 fully saturated rings. The third kappa shape index (κ3) is 7.84. The second-order valence-corrected chi connectivity index (χ2v) is 9.25. The summed E-state index contributed by atoms with van der Waals surface area (Å²) in [6.45, 7) is 6.50. The Morgan fingerprint density at radius 2 is 1.68 bits per heavy atom. The summed E-state index contributed by atoms with van der Waals surface area (Å²) in [4.78, 5) is 32.7. The number of amides is 3. The number of carbonyl (C=O) groups is 2. The van der Waals surface area contributed by atoms with Crippen LogP contribution in [0.1, 0.15) is 17.1 Å². The van der Waals surface area contributed by atoms with Crippen LogP contribution in [0.4, 0.5) is 10.5 Å². The van der Waals surface area contributed by atoms with Gasteiger partial charge >= 0.3 is 6.03 Å². The van der Waals surface area contributed by atoms with Gasteiger partial charge < -0.3 is 29.0 Å². The number of hydrogen-bond donors (Lipinski definition) is 1. The zero-order valence-electron chi connectivity index (χ0n) is 22.1. The summed E-state index contributed by atoms with van der Waals surface area (Å²) in [5, 5.41) is 2.93. The minimum Gasteiger partial charge on any atom is -0.495 e. The van der Waals surface area contributed by atoms with Crippen molar-refractivity contribution in [2.75, 3.05) is 58.4 Å². The molecule has 38 heavy (non-hydrogen) atoms. The second kappa shape index (κ2) is 13.6. The van der Waals surface area contributed by atoms with Crippen LogP contribution in [0.2, 0.25) is 0 Å². The number of para-hydroxylation sites is 2. The van der Waals surface area contributed by atoms with Crippen molar-refractivity contribution in [2.45, 2.75) is 20.0 Å². The zero-order valence-corrected chi connectivity index (χ0v) is 22.1. The van der Waals surface area contributed by atoms with Gasteiger partial charge in [0.2, 0.25) is 5.91 Å². The van der Waals surface area contributed by atoms with E-state index in [0.29, 0.717) is 56.6 Å². The number of nitrogens with one attached hydrogen (secondary N) is 1. The van der Waals surface area contributed by atoms with Gasteiger partial charge in [0.15, 0.2) is 0 Å². The van der Waals surface area contributed by atoms with Crippen LogP contribution < -0.4 is 10.1 Å². The Morgan fingerprint density at radius 3 is 2.39 bits per heavy atom. The van der Waals surface area contributed by atoms with E-state index in [4.69, 9.17) is 13.9 Å². The van der Waals surface area contributed by atoms with Crippen LogP contribution in [0.15, 0.2) is 71.1 Å². The van der Waals surface area contributed by atoms with Crippen LogP contribution in [-0.4, -0.2) is 79.7 Å². The highest BCUT2D eigenvalue weighted by Crippen LogP contribution is 2.23. The molecule has 1 N–H and O–H groups in total. The van der Waals surface area contributed by atoms with Gasteiger partial charge in [-0.2, -0.15) is 0 Å². The molecule has 1 aliphatic rings. The maximum Gasteiger partial charge on any atom is 0.322 e. The molecule has 0 saturated carbocycles. The van der Waals surface area contributed by atoms with E-state index in [2.05, 4.69) is 10.2 Å². The van der Waals surface area contributed by atoms with Gasteiger partial charge in [0.05, 0.1) is 32.6 Å². The van der Waals surface area contributed by atoms with E-state index in [1.165, 1.54) is 0 Å². The number of morpholine rings is 1. The van der Waals surface area contributed by atoms with Crippen LogP contribution >= 0.6 is 0 Å². The largest absolute Gasteiger partial charge is 0.495 e. The number of urea groups is 1. The van der Waals surface area contributed by atoms with Gasteiger partial charge in [-0.05, 0) is 36.8 Å². The van der Waals surface area contributed by atoms with Crippen LogP contribution in [0, 0.1) is 6.92 Å². The normalized spacial score (nSPS) is 13.6. The average Bonchev–Trinajstić information content (AvgIpc) is 3.36. The summed E-state index contributed by atoms with van der Waals surface area (Å²) < 4.78 is 16.6. The van der Waals surface area contributed by atoms with Gasteiger partial charge in [-0.1, -0.05) is 42.5 Å². The molecule has 0 unspecified atom stereocenters. The fraction of sp³-hybridized carbons (Fsp3) is 0.379. The molecule has 1 aliphatic heterocycles. The van der Waals surface area contributed by atoms with Crippen molar-refractivity contribution in [3.63, 3.8) is 0 Å². The monoisotopic (exact) mass is 520 g/mol. The molecular weight excluding hydrogens is 484 g/mol. The lowest BCUT2D eigenvalue weighted by molar-refractivity contribution is -0.133. The number of hydrogen-bond acceptors (Lipinski definition) is 6. The fourth-order valence-electron chi connectivity index (χ4n) is 4.34. The van der Waals surface area contributed by atoms with E-state index in [1.807, 2.05) is 61.5 Å². The van der Waals surface area contributed by atoms with Crippen molar-refractivity contribution >= 4 is 17.6 Å². The molecule has 2 aromatic carbocycles. The van der Waals surface area contributed by atoms with E-state index < -0.39 is 0 Å². The van der Waals surface area contributed by atoms with Crippen LogP contribution in [0.25, 0.3) is 0 Å². The zero-order chi connectivity index (χ0) is 26.7. The third-order valence-corrected chi connectivity index (χ3v) is 6.46. The Morgan fingerprint density at radius 1 is 0.947 bits per heavy atom. The van der Waals surface area contributed by atoms with Crippen molar-refractivity contribution in [1.29, 1.82) is 0 Å². The summed E-state index contributed by atoms with van der Waals surface area (Å²) in [6, 6.07) is 20.4. The van der Waals surface area contributed by atoms with E-state index in [1.54, 1.807) is 29.0 Å². The first-order valence-corrected chi connectivity index (χ1v) is 12.9. The van der Waals surface area contributed by atoms with Crippen LogP contribution in [-0.2, 0) is 22.6 Å². The molecule has 9 heteroatoms. The van der Waals surface area contributed by atoms with Crippen LogP contribution in [0.5, 0.6) is 5.75 Å². The van der Waals surface area contributed by atoms with Crippen molar-refractivity contribution in [3.8, 4) is 5.75 Å². The lowest BCUT2D eigenvalue weighted by atomic mass is 10.2. The van der Waals surface area contributed by atoms with Crippen molar-refractivity contribution < 1.29 is 23.5 Å². The second-order valence-electron chi connectivity index (χ2n) is 9.25. The minimum atomic E-state index is -0.357. The fourth-order valence-corrected chi connectivity index (χ4v) is 4.34. The molecule has 9 nitrogen and oxygen atoms in total. The van der Waals surface area contributed by atoms with Gasteiger partial charge in [0.25, 0.3) is 0 Å². The number of anilines is 1. The Kier molecular flexibility index (Phi) is 9.77. The molecule has 0 atom stereocenters. The smallest absolute Gasteiger partial charge is 0.322 e. The molecule has 0 spiro atoms. The Bertz CT molecular complexity index is 1180. The number of aryl methyl sites for hydroxylation is 1. The topological polar surface area (TPSA) is 87.5 Å². The maximum atomic E-state index is 13.7. The molecular formula is C29H36N4O5. The molecule has 2 heterocycles. The molecule has 202 valence electrons. The van der Waals surface area contributed by atoms with E-state index >= 15 is 0 Å². The lowest BCUT2D eigenvalue weighted by Gasteiger charge is -2.31. The number of furan rings is 1. The summed E-state index contributed by atoms with van der Waals surface area (Å²) >= 11 is 0. The SMILES string of the molecule is COc1ccccc1NC(=O)N(CCN1CCOCC1)CC(=O)N(Cc1ccccc1)Cc1ccc(C)o1. The summed E-state index contributed by atoms with van der Waals surface area (Å²) in [5.74, 6) is 1.87. The van der Waals surface area contributed by atoms with Crippen molar-refractivity contribution in [2.24, 2.45) is 0 Å². The molecule has 0 bridgehead atoms. The Labute approximate surface area is 223 Å². The predicted molar refractivity (Wildman–Crippen MR) is 145 cm³/mol. The van der Waals surface area contributed by atoms with Gasteiger partial charge in [-0.3, -0.25) is 9.69 Å². The average molecular weight is 521 g/mol. The van der Waals surface area contributed by atoms with Gasteiger partial charge in [0.1, 0.15) is 23.8 Å². The molecule has 4 rings (SSSR count). The number of methoxy groups -OCH3 is 1. The number of ether oxygens (including phenoxy) is 2. The summed E-state index contributed by atoms with van der Waals surface area (Å²) in [6.07, 6.45) is 0. The number of rotatable bonds is 11. The maximum absolute atomic E-state index is 13.7. The molecule has 0 aliphatic carbocycles. The highest BCUT2D eigenvalue weighted by Gasteiger charge is 2.24. The molecule has 0 radical (unpaired) electrons. The van der Waals surface area contributed by atoms with Gasteiger partial charge in [0, 0.05) is 32.7 Å². The first-order chi connectivity index (χ1) is 18.5. The first kappa shape index (κ1) is 27.2. The Hall–Kier alpha value is -3.82. The van der Waals surface area contributed by atoms with E-state index in [9.17, 15) is 9.59 Å². The molecule has 1 aromatic heterocycles. The quantitative estimate of drug-likeness (QED) is 0.411. The van der Waals surface area contributed by atoms with Gasteiger partial charge in [-0.25, -0.2) is 4.79 Å². The summed E-state index contributed by atoms with van der Waals surface area (Å²) in [7, 11) is 1.56. The van der Waals surface area contributed by atoms with Crippen molar-refractivity contribution in [3.05, 3.63) is 83.8 Å². The van der Waals surface area contributed by atoms with E-state index in [0.717, 1.165) is 24.4 Å². The highest BCUT2D eigenvalue weighted by molar-refractivity contribution is 5.93. The predicted octanol–water partition coefficient (Wildman–Crippen LogP) is 3.99. The van der Waals surface area contributed by atoms with Gasteiger partial charge in [-0.15, -0.1) is 0 Å². The number of carbonyl (C=O) groups excluding carboxylic acids is 2. The first-order valence-electron chi connectivity index (χ1n) is 12.9. The highest BCUT2D eigenvalue weighted by atomic mass is 16.5. The minimum absolute atomic E-state index is 0.0716. The molecule has 3 amide bonds. The molecule has 1 saturated heterocycles. The van der Waals surface area contributed by atoms with Crippen LogP contribution in [0.3, 0.4) is 0 Å². The number of nitrogens with zero attached hydrogens (tertiary/aromatic N) is 3. The third-order valence-electron chi connectivity index (χ3n) is 6.46. The summed E-state index contributed by atoms with van der Waals surface area (Å²) in [5.41, 5.74) is 1.55.